The minimum atomic E-state index is -0.310. The quantitative estimate of drug-likeness (QED) is 0.331. The third-order valence-electron chi connectivity index (χ3n) is 6.27. The van der Waals surface area contributed by atoms with Crippen molar-refractivity contribution < 1.29 is 9.53 Å². The second-order valence-electron chi connectivity index (χ2n) is 8.48. The molecule has 3 heterocycles. The van der Waals surface area contributed by atoms with Gasteiger partial charge in [0.15, 0.2) is 0 Å². The van der Waals surface area contributed by atoms with Crippen molar-refractivity contribution in [3.8, 4) is 28.7 Å². The third kappa shape index (κ3) is 4.32. The summed E-state index contributed by atoms with van der Waals surface area (Å²) in [6.07, 6.45) is 5.17. The van der Waals surface area contributed by atoms with Gasteiger partial charge in [-0.25, -0.2) is 9.97 Å². The molecule has 1 unspecified atom stereocenters. The number of likely N-dealkylation sites (tertiary alicyclic amines) is 1. The first-order valence-corrected chi connectivity index (χ1v) is 11.4. The Morgan fingerprint density at radius 3 is 2.63 bits per heavy atom. The van der Waals surface area contributed by atoms with Gasteiger partial charge in [0, 0.05) is 24.8 Å². The molecule has 5 rings (SSSR count). The summed E-state index contributed by atoms with van der Waals surface area (Å²) in [7, 11) is 0. The van der Waals surface area contributed by atoms with E-state index in [4.69, 9.17) is 15.7 Å². The van der Waals surface area contributed by atoms with Gasteiger partial charge in [-0.15, -0.1) is 0 Å². The zero-order chi connectivity index (χ0) is 24.4. The minimum absolute atomic E-state index is 0.0423. The van der Waals surface area contributed by atoms with E-state index in [2.05, 4.69) is 16.5 Å². The van der Waals surface area contributed by atoms with Crippen LogP contribution in [0.15, 0.2) is 79.3 Å². The smallest absolute Gasteiger partial charge is 0.264 e. The number of ether oxygens (including phenoxy) is 1. The van der Waals surface area contributed by atoms with Gasteiger partial charge in [0.2, 0.25) is 0 Å². The second kappa shape index (κ2) is 9.31. The Hall–Kier alpha value is -4.64. The number of hydrogen-bond acceptors (Lipinski definition) is 6. The molecular weight excluding hydrogens is 440 g/mol. The number of amides is 1. The highest BCUT2D eigenvalue weighted by molar-refractivity contribution is 6.00. The van der Waals surface area contributed by atoms with Crippen LogP contribution in [0.2, 0.25) is 0 Å². The number of benzene rings is 2. The van der Waals surface area contributed by atoms with Crippen LogP contribution in [0, 0.1) is 11.3 Å². The van der Waals surface area contributed by atoms with Gasteiger partial charge >= 0.3 is 0 Å². The fraction of sp³-hybridized carbons (Fsp3) is 0.185. The monoisotopic (exact) mass is 464 g/mol. The Morgan fingerprint density at radius 1 is 1.14 bits per heavy atom. The molecule has 1 aliphatic rings. The number of fused-ring (bicyclic) bond motifs is 1. The van der Waals surface area contributed by atoms with E-state index in [1.54, 1.807) is 4.90 Å². The molecule has 2 aromatic carbocycles. The highest BCUT2D eigenvalue weighted by Gasteiger charge is 2.31. The maximum Gasteiger partial charge on any atom is 0.264 e. The maximum atomic E-state index is 12.6. The predicted octanol–water partition coefficient (Wildman–Crippen LogP) is 4.54. The molecule has 1 amide bonds. The van der Waals surface area contributed by atoms with E-state index in [0.717, 1.165) is 40.9 Å². The van der Waals surface area contributed by atoms with Crippen LogP contribution in [0.3, 0.4) is 0 Å². The van der Waals surface area contributed by atoms with E-state index < -0.39 is 0 Å². The Morgan fingerprint density at radius 2 is 1.89 bits per heavy atom. The molecule has 0 saturated carbocycles. The van der Waals surface area contributed by atoms with Crippen LogP contribution in [0.4, 0.5) is 5.82 Å². The Bertz CT molecular complexity index is 1440. The van der Waals surface area contributed by atoms with E-state index in [1.807, 2.05) is 71.4 Å². The van der Waals surface area contributed by atoms with Gasteiger partial charge in [0.05, 0.1) is 11.4 Å². The molecule has 4 aromatic rings. The van der Waals surface area contributed by atoms with Gasteiger partial charge in [0.1, 0.15) is 40.9 Å². The summed E-state index contributed by atoms with van der Waals surface area (Å²) < 4.78 is 7.93. The van der Waals surface area contributed by atoms with Crippen molar-refractivity contribution in [2.45, 2.75) is 25.4 Å². The number of carbonyl (C=O) groups excluding carboxylic acids is 1. The van der Waals surface area contributed by atoms with E-state index >= 15 is 0 Å². The van der Waals surface area contributed by atoms with Crippen molar-refractivity contribution in [3.05, 3.63) is 79.3 Å². The molecule has 0 bridgehead atoms. The van der Waals surface area contributed by atoms with E-state index in [-0.39, 0.29) is 17.5 Å². The van der Waals surface area contributed by atoms with Crippen LogP contribution >= 0.6 is 0 Å². The summed E-state index contributed by atoms with van der Waals surface area (Å²) in [5.74, 6) is 1.58. The van der Waals surface area contributed by atoms with Gasteiger partial charge in [0.25, 0.3) is 5.91 Å². The SMILES string of the molecule is C=C(C#N)C(=O)N1CCCC1Cn1cc(-c2ccc(Oc3ccccc3)cc2)c2c(N)ncnc21. The van der Waals surface area contributed by atoms with E-state index in [9.17, 15) is 4.79 Å². The van der Waals surface area contributed by atoms with Gasteiger partial charge in [-0.2, -0.15) is 5.26 Å². The molecule has 1 atom stereocenters. The predicted molar refractivity (Wildman–Crippen MR) is 133 cm³/mol. The largest absolute Gasteiger partial charge is 0.457 e. The normalized spacial score (nSPS) is 15.2. The van der Waals surface area contributed by atoms with Crippen molar-refractivity contribution in [2.75, 3.05) is 12.3 Å². The van der Waals surface area contributed by atoms with Crippen LogP contribution in [0.5, 0.6) is 11.5 Å². The summed E-state index contributed by atoms with van der Waals surface area (Å²) in [5, 5.41) is 9.87. The fourth-order valence-corrected chi connectivity index (χ4v) is 4.57. The molecule has 0 spiro atoms. The van der Waals surface area contributed by atoms with Crippen LogP contribution in [-0.2, 0) is 11.3 Å². The van der Waals surface area contributed by atoms with Gasteiger partial charge in [-0.05, 0) is 42.7 Å². The zero-order valence-corrected chi connectivity index (χ0v) is 19.1. The first kappa shape index (κ1) is 22.2. The van der Waals surface area contributed by atoms with Crippen molar-refractivity contribution in [1.82, 2.24) is 19.4 Å². The Labute approximate surface area is 202 Å². The van der Waals surface area contributed by atoms with Crippen LogP contribution in [-0.4, -0.2) is 37.9 Å². The number of para-hydroxylation sites is 1. The van der Waals surface area contributed by atoms with Crippen LogP contribution in [0.1, 0.15) is 12.8 Å². The number of nitrogens with two attached hydrogens (primary N) is 1. The average molecular weight is 465 g/mol. The average Bonchev–Trinajstić information content (AvgIpc) is 3.50. The lowest BCUT2D eigenvalue weighted by molar-refractivity contribution is -0.127. The van der Waals surface area contributed by atoms with Crippen LogP contribution in [0.25, 0.3) is 22.2 Å². The Kier molecular flexibility index (Phi) is 5.90. The molecule has 35 heavy (non-hydrogen) atoms. The lowest BCUT2D eigenvalue weighted by atomic mass is 10.1. The molecule has 8 heteroatoms. The summed E-state index contributed by atoms with van der Waals surface area (Å²) >= 11 is 0. The number of hydrogen-bond donors (Lipinski definition) is 1. The number of aromatic nitrogens is 3. The Balaban J connectivity index is 1.46. The minimum Gasteiger partial charge on any atom is -0.457 e. The number of nitriles is 1. The third-order valence-corrected chi connectivity index (χ3v) is 6.27. The van der Waals surface area contributed by atoms with Crippen LogP contribution < -0.4 is 10.5 Å². The molecule has 1 fully saturated rings. The zero-order valence-electron chi connectivity index (χ0n) is 19.1. The molecule has 174 valence electrons. The standard InChI is InChI=1S/C27H24N6O2/c1-18(14-28)27(34)33-13-5-6-20(33)15-32-16-23(24-25(29)30-17-31-26(24)32)19-9-11-22(12-10-19)35-21-7-3-2-4-8-21/h2-4,7-12,16-17,20H,1,5-6,13,15H2,(H2,29,30,31). The van der Waals surface area contributed by atoms with Crippen molar-refractivity contribution >= 4 is 22.8 Å². The molecule has 1 aliphatic heterocycles. The molecule has 2 N–H and O–H groups in total. The van der Waals surface area contributed by atoms with Crippen molar-refractivity contribution in [1.29, 1.82) is 5.26 Å². The molecule has 0 radical (unpaired) electrons. The summed E-state index contributed by atoms with van der Waals surface area (Å²) in [6, 6.07) is 19.2. The summed E-state index contributed by atoms with van der Waals surface area (Å²) in [4.78, 5) is 23.1. The molecular formula is C27H24N6O2. The van der Waals surface area contributed by atoms with E-state index in [0.29, 0.717) is 24.6 Å². The molecule has 0 aliphatic carbocycles. The van der Waals surface area contributed by atoms with Gasteiger partial charge < -0.3 is 19.9 Å². The number of rotatable bonds is 6. The number of anilines is 1. The first-order valence-electron chi connectivity index (χ1n) is 11.4. The molecule has 8 nitrogen and oxygen atoms in total. The maximum absolute atomic E-state index is 12.6. The number of carbonyl (C=O) groups is 1. The summed E-state index contributed by atoms with van der Waals surface area (Å²) in [5.41, 5.74) is 8.80. The topological polar surface area (TPSA) is 110 Å². The lowest BCUT2D eigenvalue weighted by Crippen LogP contribution is -2.38. The van der Waals surface area contributed by atoms with Gasteiger partial charge in [-0.3, -0.25) is 4.79 Å². The van der Waals surface area contributed by atoms with E-state index in [1.165, 1.54) is 6.33 Å². The lowest BCUT2D eigenvalue weighted by Gasteiger charge is -2.24. The molecule has 1 saturated heterocycles. The highest BCUT2D eigenvalue weighted by atomic mass is 16.5. The number of nitrogens with zero attached hydrogens (tertiary/aromatic N) is 5. The first-order chi connectivity index (χ1) is 17.0. The number of nitrogen functional groups attached to an aromatic ring is 1. The van der Waals surface area contributed by atoms with Crippen molar-refractivity contribution in [3.63, 3.8) is 0 Å². The van der Waals surface area contributed by atoms with Gasteiger partial charge in [-0.1, -0.05) is 36.9 Å². The summed E-state index contributed by atoms with van der Waals surface area (Å²) in [6.45, 7) is 4.73. The van der Waals surface area contributed by atoms with Crippen molar-refractivity contribution in [2.24, 2.45) is 0 Å². The second-order valence-corrected chi connectivity index (χ2v) is 8.48. The highest BCUT2D eigenvalue weighted by Crippen LogP contribution is 2.35. The fourth-order valence-electron chi connectivity index (χ4n) is 4.57. The molecule has 2 aromatic heterocycles.